The predicted octanol–water partition coefficient (Wildman–Crippen LogP) is 1.88. The number of piperazine rings is 1. The first-order valence-corrected chi connectivity index (χ1v) is 8.58. The van der Waals surface area contributed by atoms with Crippen molar-refractivity contribution in [3.63, 3.8) is 0 Å². The molecule has 0 aliphatic carbocycles. The van der Waals surface area contributed by atoms with Gasteiger partial charge in [0.1, 0.15) is 4.32 Å². The average Bonchev–Trinajstić information content (AvgIpc) is 2.95. The molecule has 1 fully saturated rings. The number of aromatic nitrogens is 3. The molecule has 1 aliphatic heterocycles. The van der Waals surface area contributed by atoms with Crippen LogP contribution in [0.25, 0.3) is 5.78 Å². The molecule has 7 heteroatoms. The molecule has 112 valence electrons. The van der Waals surface area contributed by atoms with Crippen LogP contribution < -0.4 is 0 Å². The van der Waals surface area contributed by atoms with Gasteiger partial charge in [-0.1, -0.05) is 30.9 Å². The quantitative estimate of drug-likeness (QED) is 0.804. The van der Waals surface area contributed by atoms with Crippen LogP contribution in [0.15, 0.2) is 24.7 Å². The van der Waals surface area contributed by atoms with Crippen molar-refractivity contribution in [3.8, 4) is 0 Å². The number of nitrogens with zero attached hydrogens (tertiary/aromatic N) is 5. The zero-order valence-corrected chi connectivity index (χ0v) is 13.7. The summed E-state index contributed by atoms with van der Waals surface area (Å²) >= 11 is 7.24. The van der Waals surface area contributed by atoms with Gasteiger partial charge in [0.15, 0.2) is 0 Å². The first-order chi connectivity index (χ1) is 10.3. The molecule has 21 heavy (non-hydrogen) atoms. The fraction of sp³-hybridized carbons (Fsp3) is 0.500. The number of thioether (sulfide) groups is 1. The van der Waals surface area contributed by atoms with Crippen LogP contribution in [-0.2, 0) is 5.75 Å². The van der Waals surface area contributed by atoms with Crippen molar-refractivity contribution in [1.29, 1.82) is 0 Å². The summed E-state index contributed by atoms with van der Waals surface area (Å²) in [5.41, 5.74) is 1.02. The van der Waals surface area contributed by atoms with Crippen molar-refractivity contribution < 1.29 is 0 Å². The van der Waals surface area contributed by atoms with E-state index in [4.69, 9.17) is 12.2 Å². The minimum absolute atomic E-state index is 0.746. The van der Waals surface area contributed by atoms with E-state index < -0.39 is 0 Å². The SMILES string of the molecule is CCN1CCN(C(=S)SCc2cn3cccnc3n2)CC1. The fourth-order valence-electron chi connectivity index (χ4n) is 2.42. The molecule has 3 heterocycles. The average molecular weight is 321 g/mol. The summed E-state index contributed by atoms with van der Waals surface area (Å²) < 4.78 is 2.93. The molecule has 1 aliphatic rings. The number of thiocarbonyl (C=S) groups is 1. The molecule has 3 rings (SSSR count). The van der Waals surface area contributed by atoms with Gasteiger partial charge in [-0.05, 0) is 12.6 Å². The van der Waals surface area contributed by atoms with Gasteiger partial charge in [-0.25, -0.2) is 9.97 Å². The fourth-order valence-corrected chi connectivity index (χ4v) is 3.56. The molecule has 0 spiro atoms. The van der Waals surface area contributed by atoms with Crippen molar-refractivity contribution in [1.82, 2.24) is 24.2 Å². The Morgan fingerprint density at radius 1 is 1.33 bits per heavy atom. The molecule has 0 aromatic carbocycles. The van der Waals surface area contributed by atoms with Gasteiger partial charge in [0.05, 0.1) is 5.69 Å². The number of imidazole rings is 1. The maximum Gasteiger partial charge on any atom is 0.233 e. The molecule has 2 aromatic rings. The smallest absolute Gasteiger partial charge is 0.233 e. The van der Waals surface area contributed by atoms with Crippen molar-refractivity contribution in [2.24, 2.45) is 0 Å². The minimum atomic E-state index is 0.746. The molecular formula is C14H19N5S2. The van der Waals surface area contributed by atoms with E-state index in [9.17, 15) is 0 Å². The van der Waals surface area contributed by atoms with E-state index in [1.165, 1.54) is 0 Å². The van der Waals surface area contributed by atoms with E-state index in [1.807, 2.05) is 22.9 Å². The third kappa shape index (κ3) is 3.53. The van der Waals surface area contributed by atoms with Crippen molar-refractivity contribution >= 4 is 34.1 Å². The topological polar surface area (TPSA) is 36.7 Å². The molecule has 0 saturated carbocycles. The maximum atomic E-state index is 5.55. The zero-order chi connectivity index (χ0) is 14.7. The van der Waals surface area contributed by atoms with Crippen LogP contribution in [0.3, 0.4) is 0 Å². The van der Waals surface area contributed by atoms with Gasteiger partial charge >= 0.3 is 0 Å². The van der Waals surface area contributed by atoms with Gasteiger partial charge in [-0.2, -0.15) is 0 Å². The summed E-state index contributed by atoms with van der Waals surface area (Å²) in [7, 11) is 0. The highest BCUT2D eigenvalue weighted by Gasteiger charge is 2.18. The normalized spacial score (nSPS) is 16.5. The largest absolute Gasteiger partial charge is 0.355 e. The van der Waals surface area contributed by atoms with E-state index in [-0.39, 0.29) is 0 Å². The Morgan fingerprint density at radius 2 is 2.14 bits per heavy atom. The van der Waals surface area contributed by atoms with E-state index in [0.29, 0.717) is 0 Å². The molecule has 2 aromatic heterocycles. The summed E-state index contributed by atoms with van der Waals surface area (Å²) in [5.74, 6) is 1.55. The molecule has 0 amide bonds. The monoisotopic (exact) mass is 321 g/mol. The van der Waals surface area contributed by atoms with Crippen molar-refractivity contribution in [2.45, 2.75) is 12.7 Å². The minimum Gasteiger partial charge on any atom is -0.355 e. The first kappa shape index (κ1) is 14.7. The second kappa shape index (κ2) is 6.72. The Bertz CT molecular complexity index is 586. The van der Waals surface area contributed by atoms with Gasteiger partial charge in [0.2, 0.25) is 5.78 Å². The summed E-state index contributed by atoms with van der Waals surface area (Å²) in [5, 5.41) is 0. The summed E-state index contributed by atoms with van der Waals surface area (Å²) in [6, 6.07) is 1.91. The molecule has 1 saturated heterocycles. The van der Waals surface area contributed by atoms with Crippen LogP contribution in [-0.4, -0.2) is 61.2 Å². The van der Waals surface area contributed by atoms with Crippen LogP contribution in [0.2, 0.25) is 0 Å². The summed E-state index contributed by atoms with van der Waals surface area (Å²) in [4.78, 5) is 13.5. The number of rotatable bonds is 3. The van der Waals surface area contributed by atoms with Crippen LogP contribution in [0.4, 0.5) is 0 Å². The summed E-state index contributed by atoms with van der Waals surface area (Å²) in [6.07, 6.45) is 5.75. The highest BCUT2D eigenvalue weighted by atomic mass is 32.2. The summed E-state index contributed by atoms with van der Waals surface area (Å²) in [6.45, 7) is 7.62. The van der Waals surface area contributed by atoms with Gasteiger partial charge in [-0.15, -0.1) is 0 Å². The highest BCUT2D eigenvalue weighted by Crippen LogP contribution is 2.17. The Hall–Kier alpha value is -1.18. The van der Waals surface area contributed by atoms with E-state index >= 15 is 0 Å². The molecular weight excluding hydrogens is 302 g/mol. The lowest BCUT2D eigenvalue weighted by molar-refractivity contribution is 0.193. The highest BCUT2D eigenvalue weighted by molar-refractivity contribution is 8.22. The van der Waals surface area contributed by atoms with Gasteiger partial charge < -0.3 is 9.80 Å². The standard InChI is InChI=1S/C14H19N5S2/c1-2-17-6-8-18(9-7-17)14(20)21-11-12-10-19-5-3-4-15-13(19)16-12/h3-5,10H,2,6-9,11H2,1H3. The van der Waals surface area contributed by atoms with Gasteiger partial charge in [0.25, 0.3) is 0 Å². The third-order valence-electron chi connectivity index (χ3n) is 3.71. The van der Waals surface area contributed by atoms with E-state index in [1.54, 1.807) is 18.0 Å². The lowest BCUT2D eigenvalue weighted by atomic mass is 10.3. The second-order valence-electron chi connectivity index (χ2n) is 5.04. The molecule has 0 N–H and O–H groups in total. The Balaban J connectivity index is 1.54. The Labute approximate surface area is 134 Å². The Morgan fingerprint density at radius 3 is 2.86 bits per heavy atom. The number of hydrogen-bond donors (Lipinski definition) is 0. The molecule has 0 atom stereocenters. The maximum absolute atomic E-state index is 5.55. The van der Waals surface area contributed by atoms with Crippen molar-refractivity contribution in [2.75, 3.05) is 32.7 Å². The lowest BCUT2D eigenvalue weighted by Crippen LogP contribution is -2.47. The van der Waals surface area contributed by atoms with E-state index in [0.717, 1.165) is 54.3 Å². The predicted molar refractivity (Wildman–Crippen MR) is 90.6 cm³/mol. The number of likely N-dealkylation sites (N-methyl/N-ethyl adjacent to an activating group) is 1. The molecule has 0 bridgehead atoms. The Kier molecular flexibility index (Phi) is 4.72. The number of fused-ring (bicyclic) bond motifs is 1. The van der Waals surface area contributed by atoms with Crippen LogP contribution in [0, 0.1) is 0 Å². The first-order valence-electron chi connectivity index (χ1n) is 7.19. The van der Waals surface area contributed by atoms with Crippen LogP contribution in [0.5, 0.6) is 0 Å². The van der Waals surface area contributed by atoms with Crippen molar-refractivity contribution in [3.05, 3.63) is 30.4 Å². The van der Waals surface area contributed by atoms with E-state index in [2.05, 4.69) is 26.7 Å². The second-order valence-corrected chi connectivity index (χ2v) is 6.64. The molecule has 5 nitrogen and oxygen atoms in total. The lowest BCUT2D eigenvalue weighted by Gasteiger charge is -2.35. The van der Waals surface area contributed by atoms with Gasteiger partial charge in [0, 0.05) is 50.5 Å². The van der Waals surface area contributed by atoms with Gasteiger partial charge in [-0.3, -0.25) is 4.40 Å². The zero-order valence-electron chi connectivity index (χ0n) is 12.1. The number of hydrogen-bond acceptors (Lipinski definition) is 5. The molecule has 0 radical (unpaired) electrons. The third-order valence-corrected chi connectivity index (χ3v) is 5.26. The van der Waals surface area contributed by atoms with Crippen LogP contribution in [0.1, 0.15) is 12.6 Å². The van der Waals surface area contributed by atoms with Crippen LogP contribution >= 0.6 is 24.0 Å². The molecule has 0 unspecified atom stereocenters.